The van der Waals surface area contributed by atoms with Crippen molar-refractivity contribution in [1.82, 2.24) is 9.78 Å². The predicted molar refractivity (Wildman–Crippen MR) is 57.6 cm³/mol. The Bertz CT molecular complexity index is 523. The number of carbonyl (C=O) groups is 1. The van der Waals surface area contributed by atoms with E-state index < -0.39 is 5.97 Å². The lowest BCUT2D eigenvalue weighted by molar-refractivity contribution is -0.131. The SMILES string of the molecule is Cn1ncc(C=CC(=O)O)c1-c1ccoc1. The molecule has 5 heteroatoms. The second-order valence-electron chi connectivity index (χ2n) is 3.26. The maximum atomic E-state index is 10.4. The number of furan rings is 1. The Balaban J connectivity index is 2.45. The minimum Gasteiger partial charge on any atom is -0.478 e. The van der Waals surface area contributed by atoms with Crippen molar-refractivity contribution in [2.45, 2.75) is 0 Å². The molecule has 0 aliphatic rings. The highest BCUT2D eigenvalue weighted by molar-refractivity contribution is 5.87. The Morgan fingerprint density at radius 1 is 1.62 bits per heavy atom. The van der Waals surface area contributed by atoms with Crippen LogP contribution in [0, 0.1) is 0 Å². The molecule has 0 atom stereocenters. The minimum atomic E-state index is -0.984. The zero-order valence-corrected chi connectivity index (χ0v) is 8.62. The number of aliphatic carboxylic acids is 1. The van der Waals surface area contributed by atoms with E-state index in [4.69, 9.17) is 9.52 Å². The van der Waals surface area contributed by atoms with E-state index in [1.807, 2.05) is 0 Å². The lowest BCUT2D eigenvalue weighted by Gasteiger charge is -1.99. The Morgan fingerprint density at radius 3 is 3.06 bits per heavy atom. The summed E-state index contributed by atoms with van der Waals surface area (Å²) in [7, 11) is 1.79. The van der Waals surface area contributed by atoms with Crippen molar-refractivity contribution in [2.75, 3.05) is 0 Å². The molecule has 0 amide bonds. The van der Waals surface area contributed by atoms with Crippen LogP contribution in [0.4, 0.5) is 0 Å². The second-order valence-corrected chi connectivity index (χ2v) is 3.26. The molecule has 2 aromatic rings. The summed E-state index contributed by atoms with van der Waals surface area (Å²) in [5.74, 6) is -0.984. The molecular formula is C11H10N2O3. The zero-order chi connectivity index (χ0) is 11.5. The van der Waals surface area contributed by atoms with E-state index in [-0.39, 0.29) is 0 Å². The Morgan fingerprint density at radius 2 is 2.44 bits per heavy atom. The summed E-state index contributed by atoms with van der Waals surface area (Å²) >= 11 is 0. The van der Waals surface area contributed by atoms with Gasteiger partial charge in [0.1, 0.15) is 0 Å². The van der Waals surface area contributed by atoms with E-state index in [1.165, 1.54) is 6.08 Å². The molecule has 0 radical (unpaired) electrons. The van der Waals surface area contributed by atoms with Gasteiger partial charge in [-0.1, -0.05) is 0 Å². The number of nitrogens with zero attached hydrogens (tertiary/aromatic N) is 2. The molecule has 2 rings (SSSR count). The van der Waals surface area contributed by atoms with Crippen LogP contribution in [0.5, 0.6) is 0 Å². The molecule has 0 aliphatic heterocycles. The first-order valence-corrected chi connectivity index (χ1v) is 4.64. The summed E-state index contributed by atoms with van der Waals surface area (Å²) in [4.78, 5) is 10.4. The first kappa shape index (κ1) is 10.2. The van der Waals surface area contributed by atoms with Gasteiger partial charge in [-0.05, 0) is 12.1 Å². The van der Waals surface area contributed by atoms with E-state index in [1.54, 1.807) is 36.5 Å². The fourth-order valence-electron chi connectivity index (χ4n) is 1.49. The zero-order valence-electron chi connectivity index (χ0n) is 8.62. The molecule has 0 spiro atoms. The summed E-state index contributed by atoms with van der Waals surface area (Å²) in [6.45, 7) is 0. The summed E-state index contributed by atoms with van der Waals surface area (Å²) in [6, 6.07) is 1.80. The molecule has 2 aromatic heterocycles. The lowest BCUT2D eigenvalue weighted by Crippen LogP contribution is -1.93. The number of aromatic nitrogens is 2. The second kappa shape index (κ2) is 4.06. The van der Waals surface area contributed by atoms with Crippen molar-refractivity contribution in [3.63, 3.8) is 0 Å². The van der Waals surface area contributed by atoms with Crippen LogP contribution in [0.3, 0.4) is 0 Å². The predicted octanol–water partition coefficient (Wildman–Crippen LogP) is 1.78. The molecule has 82 valence electrons. The maximum Gasteiger partial charge on any atom is 0.328 e. The molecular weight excluding hydrogens is 208 g/mol. The number of aryl methyl sites for hydroxylation is 1. The highest BCUT2D eigenvalue weighted by Gasteiger charge is 2.09. The van der Waals surface area contributed by atoms with Crippen LogP contribution in [0.2, 0.25) is 0 Å². The monoisotopic (exact) mass is 218 g/mol. The van der Waals surface area contributed by atoms with Gasteiger partial charge in [0.15, 0.2) is 0 Å². The maximum absolute atomic E-state index is 10.4. The van der Waals surface area contributed by atoms with Gasteiger partial charge in [-0.25, -0.2) is 4.79 Å². The van der Waals surface area contributed by atoms with Gasteiger partial charge in [-0.3, -0.25) is 4.68 Å². The Kier molecular flexibility index (Phi) is 2.59. The van der Waals surface area contributed by atoms with Gasteiger partial charge in [-0.2, -0.15) is 5.10 Å². The molecule has 0 saturated carbocycles. The van der Waals surface area contributed by atoms with Crippen LogP contribution in [0.15, 0.2) is 35.3 Å². The van der Waals surface area contributed by atoms with E-state index in [2.05, 4.69) is 5.10 Å². The average Bonchev–Trinajstić information content (AvgIpc) is 2.83. The molecule has 1 N–H and O–H groups in total. The average molecular weight is 218 g/mol. The summed E-state index contributed by atoms with van der Waals surface area (Å²) in [5, 5.41) is 12.7. The van der Waals surface area contributed by atoms with Crippen molar-refractivity contribution >= 4 is 12.0 Å². The van der Waals surface area contributed by atoms with Gasteiger partial charge in [0.05, 0.1) is 24.4 Å². The molecule has 0 fully saturated rings. The first-order chi connectivity index (χ1) is 7.68. The number of carboxylic acid groups (broad SMARTS) is 1. The molecule has 0 saturated heterocycles. The third-order valence-electron chi connectivity index (χ3n) is 2.17. The molecule has 16 heavy (non-hydrogen) atoms. The van der Waals surface area contributed by atoms with Gasteiger partial charge in [0, 0.05) is 24.3 Å². The standard InChI is InChI=1S/C11H10N2O3/c1-13-11(9-4-5-16-7-9)8(6-12-13)2-3-10(14)15/h2-7H,1H3,(H,14,15). The summed E-state index contributed by atoms with van der Waals surface area (Å²) < 4.78 is 6.67. The quantitative estimate of drug-likeness (QED) is 0.797. The van der Waals surface area contributed by atoms with Gasteiger partial charge in [0.2, 0.25) is 0 Å². The highest BCUT2D eigenvalue weighted by Crippen LogP contribution is 2.24. The third-order valence-corrected chi connectivity index (χ3v) is 2.17. The Hall–Kier alpha value is -2.30. The molecule has 0 bridgehead atoms. The fraction of sp³-hybridized carbons (Fsp3) is 0.0909. The molecule has 2 heterocycles. The number of hydrogen-bond donors (Lipinski definition) is 1. The van der Waals surface area contributed by atoms with Gasteiger partial charge in [-0.15, -0.1) is 0 Å². The number of rotatable bonds is 3. The van der Waals surface area contributed by atoms with Gasteiger partial charge < -0.3 is 9.52 Å². The van der Waals surface area contributed by atoms with Crippen LogP contribution in [-0.4, -0.2) is 20.9 Å². The van der Waals surface area contributed by atoms with Crippen LogP contribution in [0.1, 0.15) is 5.56 Å². The van der Waals surface area contributed by atoms with Crippen LogP contribution >= 0.6 is 0 Å². The molecule has 5 nitrogen and oxygen atoms in total. The van der Waals surface area contributed by atoms with Crippen molar-refractivity contribution in [2.24, 2.45) is 7.05 Å². The van der Waals surface area contributed by atoms with Crippen LogP contribution < -0.4 is 0 Å². The van der Waals surface area contributed by atoms with E-state index >= 15 is 0 Å². The smallest absolute Gasteiger partial charge is 0.328 e. The summed E-state index contributed by atoms with van der Waals surface area (Å²) in [6.07, 6.45) is 7.36. The van der Waals surface area contributed by atoms with Crippen LogP contribution in [-0.2, 0) is 11.8 Å². The minimum absolute atomic E-state index is 0.742. The van der Waals surface area contributed by atoms with Crippen molar-refractivity contribution in [3.05, 3.63) is 36.4 Å². The molecule has 0 unspecified atom stereocenters. The third kappa shape index (κ3) is 1.88. The molecule has 0 aliphatic carbocycles. The van der Waals surface area contributed by atoms with Gasteiger partial charge in [0.25, 0.3) is 0 Å². The van der Waals surface area contributed by atoms with Crippen molar-refractivity contribution in [1.29, 1.82) is 0 Å². The van der Waals surface area contributed by atoms with Crippen molar-refractivity contribution < 1.29 is 14.3 Å². The number of hydrogen-bond acceptors (Lipinski definition) is 3. The van der Waals surface area contributed by atoms with Crippen LogP contribution in [0.25, 0.3) is 17.3 Å². The van der Waals surface area contributed by atoms with Gasteiger partial charge >= 0.3 is 5.97 Å². The molecule has 0 aromatic carbocycles. The van der Waals surface area contributed by atoms with E-state index in [0.717, 1.165) is 22.9 Å². The first-order valence-electron chi connectivity index (χ1n) is 4.64. The largest absolute Gasteiger partial charge is 0.478 e. The highest BCUT2D eigenvalue weighted by atomic mass is 16.4. The Labute approximate surface area is 91.6 Å². The summed E-state index contributed by atoms with van der Waals surface area (Å²) in [5.41, 5.74) is 2.43. The normalized spacial score (nSPS) is 11.1. The van der Waals surface area contributed by atoms with Crippen molar-refractivity contribution in [3.8, 4) is 11.3 Å². The van der Waals surface area contributed by atoms with E-state index in [0.29, 0.717) is 0 Å². The number of carboxylic acids is 1. The fourth-order valence-corrected chi connectivity index (χ4v) is 1.49. The van der Waals surface area contributed by atoms with E-state index in [9.17, 15) is 4.79 Å². The topological polar surface area (TPSA) is 68.3 Å². The lowest BCUT2D eigenvalue weighted by atomic mass is 10.1.